The van der Waals surface area contributed by atoms with E-state index in [0.29, 0.717) is 12.8 Å². The first-order chi connectivity index (χ1) is 7.07. The van der Waals surface area contributed by atoms with Crippen LogP contribution in [-0.2, 0) is 14.8 Å². The van der Waals surface area contributed by atoms with Crippen molar-refractivity contribution in [2.24, 2.45) is 5.41 Å². The largest absolute Gasteiger partial charge is 0.480 e. The van der Waals surface area contributed by atoms with E-state index in [2.05, 4.69) is 4.72 Å². The van der Waals surface area contributed by atoms with Crippen LogP contribution < -0.4 is 4.72 Å². The Bertz CT molecular complexity index is 329. The first kappa shape index (κ1) is 15.4. The standard InChI is InChI=1S/C10H21NO4S/c1-5-6-8(9(12)13)11-16(14,15)7-10(2,3)4/h8,11H,5-7H2,1-4H3,(H,12,13)/t8-/m1/s1. The maximum atomic E-state index is 11.7. The molecule has 0 saturated carbocycles. The van der Waals surface area contributed by atoms with Crippen molar-refractivity contribution in [2.45, 2.75) is 46.6 Å². The van der Waals surface area contributed by atoms with Gasteiger partial charge in [-0.25, -0.2) is 13.1 Å². The number of aliphatic carboxylic acids is 1. The van der Waals surface area contributed by atoms with Crippen LogP contribution in [0.25, 0.3) is 0 Å². The number of carboxylic acid groups (broad SMARTS) is 1. The van der Waals surface area contributed by atoms with E-state index in [1.54, 1.807) is 20.8 Å². The molecule has 0 aromatic carbocycles. The Kier molecular flexibility index (Phi) is 5.41. The molecule has 96 valence electrons. The molecule has 0 radical (unpaired) electrons. The van der Waals surface area contributed by atoms with E-state index in [1.165, 1.54) is 0 Å². The van der Waals surface area contributed by atoms with E-state index >= 15 is 0 Å². The van der Waals surface area contributed by atoms with Gasteiger partial charge >= 0.3 is 5.97 Å². The summed E-state index contributed by atoms with van der Waals surface area (Å²) in [6.07, 6.45) is 0.924. The van der Waals surface area contributed by atoms with Gasteiger partial charge in [-0.05, 0) is 11.8 Å². The zero-order valence-electron chi connectivity index (χ0n) is 10.3. The Morgan fingerprint density at radius 2 is 1.88 bits per heavy atom. The van der Waals surface area contributed by atoms with Crippen LogP contribution in [0.15, 0.2) is 0 Å². The lowest BCUT2D eigenvalue weighted by molar-refractivity contribution is -0.139. The van der Waals surface area contributed by atoms with E-state index in [-0.39, 0.29) is 11.2 Å². The van der Waals surface area contributed by atoms with E-state index < -0.39 is 22.0 Å². The Morgan fingerprint density at radius 3 is 2.19 bits per heavy atom. The van der Waals surface area contributed by atoms with Crippen molar-refractivity contribution in [3.8, 4) is 0 Å². The van der Waals surface area contributed by atoms with Gasteiger partial charge in [0.05, 0.1) is 5.75 Å². The summed E-state index contributed by atoms with van der Waals surface area (Å²) in [4.78, 5) is 10.8. The zero-order valence-corrected chi connectivity index (χ0v) is 11.1. The van der Waals surface area contributed by atoms with Crippen LogP contribution >= 0.6 is 0 Å². The summed E-state index contributed by atoms with van der Waals surface area (Å²) >= 11 is 0. The summed E-state index contributed by atoms with van der Waals surface area (Å²) in [6, 6.07) is -1.02. The maximum Gasteiger partial charge on any atom is 0.321 e. The first-order valence-corrected chi connectivity index (χ1v) is 6.95. The molecule has 0 aliphatic carbocycles. The second-order valence-electron chi connectivity index (χ2n) is 5.12. The predicted octanol–water partition coefficient (Wildman–Crippen LogP) is 1.21. The van der Waals surface area contributed by atoms with Crippen LogP contribution in [-0.4, -0.2) is 31.3 Å². The van der Waals surface area contributed by atoms with Crippen LogP contribution in [0.3, 0.4) is 0 Å². The maximum absolute atomic E-state index is 11.7. The van der Waals surface area contributed by atoms with Crippen LogP contribution in [0.1, 0.15) is 40.5 Å². The molecular formula is C10H21NO4S. The quantitative estimate of drug-likeness (QED) is 0.743. The van der Waals surface area contributed by atoms with Gasteiger partial charge in [-0.15, -0.1) is 0 Å². The number of carboxylic acids is 1. The smallest absolute Gasteiger partial charge is 0.321 e. The highest BCUT2D eigenvalue weighted by Gasteiger charge is 2.27. The minimum atomic E-state index is -3.54. The third-order valence-electron chi connectivity index (χ3n) is 1.82. The molecule has 16 heavy (non-hydrogen) atoms. The molecular weight excluding hydrogens is 230 g/mol. The van der Waals surface area contributed by atoms with Gasteiger partial charge < -0.3 is 5.11 Å². The molecule has 1 atom stereocenters. The summed E-state index contributed by atoms with van der Waals surface area (Å²) in [5.74, 6) is -1.20. The molecule has 0 aliphatic rings. The molecule has 2 N–H and O–H groups in total. The molecule has 0 bridgehead atoms. The highest BCUT2D eigenvalue weighted by molar-refractivity contribution is 7.89. The van der Waals surface area contributed by atoms with Gasteiger partial charge in [0, 0.05) is 0 Å². The van der Waals surface area contributed by atoms with Crippen molar-refractivity contribution < 1.29 is 18.3 Å². The molecule has 0 aromatic heterocycles. The van der Waals surface area contributed by atoms with Crippen molar-refractivity contribution in [1.82, 2.24) is 4.72 Å². The first-order valence-electron chi connectivity index (χ1n) is 5.30. The van der Waals surface area contributed by atoms with Crippen molar-refractivity contribution in [2.75, 3.05) is 5.75 Å². The van der Waals surface area contributed by atoms with Gasteiger partial charge in [-0.2, -0.15) is 0 Å². The van der Waals surface area contributed by atoms with Gasteiger partial charge in [0.2, 0.25) is 10.0 Å². The monoisotopic (exact) mass is 251 g/mol. The number of rotatable bonds is 6. The molecule has 5 nitrogen and oxygen atoms in total. The Morgan fingerprint density at radius 1 is 1.38 bits per heavy atom. The van der Waals surface area contributed by atoms with Gasteiger partial charge in [0.25, 0.3) is 0 Å². The molecule has 0 aliphatic heterocycles. The van der Waals surface area contributed by atoms with E-state index in [1.807, 2.05) is 6.92 Å². The highest BCUT2D eigenvalue weighted by Crippen LogP contribution is 2.16. The van der Waals surface area contributed by atoms with Crippen LogP contribution in [0.2, 0.25) is 0 Å². The average Bonchev–Trinajstić information content (AvgIpc) is 1.97. The van der Waals surface area contributed by atoms with Crippen molar-refractivity contribution >= 4 is 16.0 Å². The number of carbonyl (C=O) groups is 1. The van der Waals surface area contributed by atoms with E-state index in [4.69, 9.17) is 5.11 Å². The summed E-state index contributed by atoms with van der Waals surface area (Å²) in [6.45, 7) is 7.19. The van der Waals surface area contributed by atoms with Crippen molar-refractivity contribution in [1.29, 1.82) is 0 Å². The number of sulfonamides is 1. The number of hydrogen-bond acceptors (Lipinski definition) is 3. The molecule has 0 heterocycles. The molecule has 0 unspecified atom stereocenters. The lowest BCUT2D eigenvalue weighted by atomic mass is 10.0. The molecule has 0 spiro atoms. The summed E-state index contributed by atoms with van der Waals surface area (Å²) < 4.78 is 25.5. The van der Waals surface area contributed by atoms with Gasteiger partial charge in [0.1, 0.15) is 6.04 Å². The fourth-order valence-corrected chi connectivity index (χ4v) is 3.23. The fourth-order valence-electron chi connectivity index (χ4n) is 1.35. The third kappa shape index (κ3) is 6.79. The van der Waals surface area contributed by atoms with Gasteiger partial charge in [-0.3, -0.25) is 4.79 Å². The lowest BCUT2D eigenvalue weighted by Gasteiger charge is -2.20. The third-order valence-corrected chi connectivity index (χ3v) is 3.71. The molecule has 6 heteroatoms. The molecule has 0 rings (SSSR count). The zero-order chi connectivity index (χ0) is 13.0. The fraction of sp³-hybridized carbons (Fsp3) is 0.900. The number of nitrogens with one attached hydrogen (secondary N) is 1. The number of hydrogen-bond donors (Lipinski definition) is 2. The summed E-state index contributed by atoms with van der Waals surface area (Å²) in [5.41, 5.74) is -0.388. The minimum absolute atomic E-state index is 0.0759. The normalized spacial score (nSPS) is 14.8. The Labute approximate surface area is 97.3 Å². The van der Waals surface area contributed by atoms with Crippen LogP contribution in [0.4, 0.5) is 0 Å². The van der Waals surface area contributed by atoms with Crippen LogP contribution in [0.5, 0.6) is 0 Å². The van der Waals surface area contributed by atoms with Crippen LogP contribution in [0, 0.1) is 5.41 Å². The van der Waals surface area contributed by atoms with Crippen molar-refractivity contribution in [3.63, 3.8) is 0 Å². The summed E-state index contributed by atoms with van der Waals surface area (Å²) in [7, 11) is -3.54. The molecule has 0 aromatic rings. The second kappa shape index (κ2) is 5.63. The lowest BCUT2D eigenvalue weighted by Crippen LogP contribution is -2.43. The van der Waals surface area contributed by atoms with Crippen molar-refractivity contribution in [3.05, 3.63) is 0 Å². The molecule has 0 fully saturated rings. The summed E-state index contributed by atoms with van der Waals surface area (Å²) in [5, 5.41) is 8.84. The average molecular weight is 251 g/mol. The SMILES string of the molecule is CCC[C@@H](NS(=O)(=O)CC(C)(C)C)C(=O)O. The highest BCUT2D eigenvalue weighted by atomic mass is 32.2. The molecule has 0 saturated heterocycles. The molecule has 0 amide bonds. The Balaban J connectivity index is 4.61. The second-order valence-corrected chi connectivity index (χ2v) is 6.87. The topological polar surface area (TPSA) is 83.5 Å². The Hall–Kier alpha value is -0.620. The van der Waals surface area contributed by atoms with Gasteiger partial charge in [-0.1, -0.05) is 34.1 Å². The predicted molar refractivity (Wildman–Crippen MR) is 62.7 cm³/mol. The van der Waals surface area contributed by atoms with E-state index in [0.717, 1.165) is 0 Å². The minimum Gasteiger partial charge on any atom is -0.480 e. The van der Waals surface area contributed by atoms with Gasteiger partial charge in [0.15, 0.2) is 0 Å². The van der Waals surface area contributed by atoms with E-state index in [9.17, 15) is 13.2 Å².